The number of hydrogen-bond acceptors (Lipinski definition) is 11. The van der Waals surface area contributed by atoms with Crippen LogP contribution in [0.5, 0.6) is 0 Å². The predicted molar refractivity (Wildman–Crippen MR) is 144 cm³/mol. The van der Waals surface area contributed by atoms with Crippen LogP contribution in [0.2, 0.25) is 5.02 Å². The molecule has 4 N–H and O–H groups in total. The number of hydrazine groups is 1. The van der Waals surface area contributed by atoms with Crippen LogP contribution in [0.4, 0.5) is 4.39 Å². The van der Waals surface area contributed by atoms with Crippen LogP contribution in [-0.2, 0) is 32.3 Å². The Kier molecular flexibility index (Phi) is 11.2. The van der Waals surface area contributed by atoms with Crippen LogP contribution in [0.15, 0.2) is 42.5 Å². The summed E-state index contributed by atoms with van der Waals surface area (Å²) in [6, 6.07) is 10.1. The largest absolute Gasteiger partial charge is 0.464 e. The van der Waals surface area contributed by atoms with Gasteiger partial charge < -0.3 is 20.3 Å². The van der Waals surface area contributed by atoms with Gasteiger partial charge in [-0.05, 0) is 47.4 Å². The lowest BCUT2D eigenvalue weighted by Gasteiger charge is -2.24. The van der Waals surface area contributed by atoms with Crippen LogP contribution in [0, 0.1) is 11.7 Å². The minimum absolute atomic E-state index is 0.0271. The fraction of sp³-hybridized carbons (Fsp3) is 0.385. The smallest absolute Gasteiger partial charge is 0.336 e. The van der Waals surface area contributed by atoms with E-state index in [9.17, 15) is 23.9 Å². The van der Waals surface area contributed by atoms with E-state index in [0.29, 0.717) is 21.7 Å². The first-order valence-electron chi connectivity index (χ1n) is 12.6. The summed E-state index contributed by atoms with van der Waals surface area (Å²) in [5.41, 5.74) is 9.81. The fourth-order valence-electron chi connectivity index (χ4n) is 3.47. The number of tetrazole rings is 1. The summed E-state index contributed by atoms with van der Waals surface area (Å²) < 4.78 is 24.2. The highest BCUT2D eigenvalue weighted by Gasteiger charge is 2.24. The number of rotatable bonds is 13. The summed E-state index contributed by atoms with van der Waals surface area (Å²) in [7, 11) is 0. The number of aliphatic hydroxyl groups excluding tert-OH is 1. The van der Waals surface area contributed by atoms with Gasteiger partial charge in [-0.25, -0.2) is 14.2 Å². The van der Waals surface area contributed by atoms with Gasteiger partial charge in [0, 0.05) is 17.1 Å². The van der Waals surface area contributed by atoms with Gasteiger partial charge in [0.1, 0.15) is 11.9 Å². The van der Waals surface area contributed by atoms with Gasteiger partial charge >= 0.3 is 17.8 Å². The maximum atomic E-state index is 14.3. The quantitative estimate of drug-likeness (QED) is 0.195. The molecule has 0 saturated heterocycles. The summed E-state index contributed by atoms with van der Waals surface area (Å²) >= 11 is 6.00. The Balaban J connectivity index is 1.71. The number of amides is 1. The minimum atomic E-state index is -1.58. The molecule has 0 unspecified atom stereocenters. The first-order chi connectivity index (χ1) is 19.5. The summed E-state index contributed by atoms with van der Waals surface area (Å²) in [6.45, 7) is 4.46. The van der Waals surface area contributed by atoms with Crippen molar-refractivity contribution < 1.29 is 33.4 Å². The van der Waals surface area contributed by atoms with E-state index in [4.69, 9.17) is 26.8 Å². The third-order valence-corrected chi connectivity index (χ3v) is 5.98. The van der Waals surface area contributed by atoms with E-state index in [1.807, 2.05) is 0 Å². The van der Waals surface area contributed by atoms with Gasteiger partial charge in [0.05, 0.1) is 13.2 Å². The lowest BCUT2D eigenvalue weighted by atomic mass is 10.0. The van der Waals surface area contributed by atoms with E-state index in [0.717, 1.165) is 4.80 Å². The summed E-state index contributed by atoms with van der Waals surface area (Å²) in [4.78, 5) is 37.7. The predicted octanol–water partition coefficient (Wildman–Crippen LogP) is 1.69. The standard InChI is InChI=1S/C26H31ClFN7O6/c1-4-40-25(38)21(36)13-34(12-16-5-7-17(8-6-16)19-11-18(27)9-10-20(19)28)32-24(37)23-30-33-35(31-23)14-41-26(39)22(29)15(2)3/h5-11,15,21-22,36H,4,12-14,29H2,1-3H3,(H,32,37)/t21-,22+/m1/s1. The number of ether oxygens (including phenoxy) is 2. The lowest BCUT2D eigenvalue weighted by molar-refractivity contribution is -0.154. The van der Waals surface area contributed by atoms with Crippen molar-refractivity contribution in [1.29, 1.82) is 0 Å². The first kappa shape index (κ1) is 31.5. The number of aliphatic hydroxyl groups is 1. The molecule has 0 radical (unpaired) electrons. The Labute approximate surface area is 240 Å². The highest BCUT2D eigenvalue weighted by atomic mass is 35.5. The second-order valence-corrected chi connectivity index (χ2v) is 9.69. The topological polar surface area (TPSA) is 175 Å². The molecule has 3 aromatic rings. The van der Waals surface area contributed by atoms with Gasteiger partial charge in [-0.2, -0.15) is 0 Å². The third kappa shape index (κ3) is 9.01. The van der Waals surface area contributed by atoms with E-state index in [1.54, 1.807) is 45.0 Å². The number of esters is 2. The molecule has 0 fully saturated rings. The van der Waals surface area contributed by atoms with Crippen molar-refractivity contribution in [3.05, 3.63) is 64.7 Å². The fourth-order valence-corrected chi connectivity index (χ4v) is 3.64. The number of benzene rings is 2. The molecule has 0 spiro atoms. The maximum Gasteiger partial charge on any atom is 0.336 e. The van der Waals surface area contributed by atoms with Crippen LogP contribution in [0.3, 0.4) is 0 Å². The molecule has 220 valence electrons. The molecule has 1 heterocycles. The zero-order chi connectivity index (χ0) is 30.1. The van der Waals surface area contributed by atoms with Crippen molar-refractivity contribution in [3.63, 3.8) is 0 Å². The van der Waals surface area contributed by atoms with E-state index in [1.165, 1.54) is 23.2 Å². The Morgan fingerprint density at radius 3 is 2.51 bits per heavy atom. The van der Waals surface area contributed by atoms with Crippen molar-refractivity contribution >= 4 is 29.4 Å². The van der Waals surface area contributed by atoms with Gasteiger partial charge in [-0.3, -0.25) is 15.0 Å². The molecule has 0 aliphatic heterocycles. The molecule has 0 bridgehead atoms. The van der Waals surface area contributed by atoms with Gasteiger partial charge in [0.2, 0.25) is 6.73 Å². The van der Waals surface area contributed by atoms with E-state index in [-0.39, 0.29) is 31.4 Å². The molecular weight excluding hydrogens is 561 g/mol. The molecule has 1 amide bonds. The Morgan fingerprint density at radius 2 is 1.85 bits per heavy atom. The summed E-state index contributed by atoms with van der Waals surface area (Å²) in [5.74, 6) is -3.29. The zero-order valence-electron chi connectivity index (χ0n) is 22.7. The average Bonchev–Trinajstić information content (AvgIpc) is 3.42. The molecule has 3 rings (SSSR count). The number of carbonyl (C=O) groups excluding carboxylic acids is 3. The zero-order valence-corrected chi connectivity index (χ0v) is 23.4. The van der Waals surface area contributed by atoms with Crippen LogP contribution >= 0.6 is 11.6 Å². The van der Waals surface area contributed by atoms with Gasteiger partial charge in [0.15, 0.2) is 6.10 Å². The minimum Gasteiger partial charge on any atom is -0.464 e. The number of halogens is 2. The average molecular weight is 592 g/mol. The number of nitrogens with one attached hydrogen (secondary N) is 1. The highest BCUT2D eigenvalue weighted by molar-refractivity contribution is 6.30. The Morgan fingerprint density at radius 1 is 1.15 bits per heavy atom. The van der Waals surface area contributed by atoms with Crippen molar-refractivity contribution in [1.82, 2.24) is 30.6 Å². The van der Waals surface area contributed by atoms with E-state index < -0.39 is 42.5 Å². The van der Waals surface area contributed by atoms with E-state index in [2.05, 4.69) is 20.8 Å². The number of hydrogen-bond donors (Lipinski definition) is 3. The molecule has 15 heteroatoms. The van der Waals surface area contributed by atoms with Crippen LogP contribution in [-0.4, -0.2) is 73.5 Å². The van der Waals surface area contributed by atoms with Crippen LogP contribution < -0.4 is 11.2 Å². The Bertz CT molecular complexity index is 1350. The van der Waals surface area contributed by atoms with Gasteiger partial charge in [0.25, 0.3) is 5.82 Å². The van der Waals surface area contributed by atoms with Crippen molar-refractivity contribution in [3.8, 4) is 11.1 Å². The monoisotopic (exact) mass is 591 g/mol. The number of nitrogens with two attached hydrogens (primary N) is 1. The van der Waals surface area contributed by atoms with Crippen LogP contribution in [0.25, 0.3) is 11.1 Å². The molecule has 2 aromatic carbocycles. The molecule has 13 nitrogen and oxygen atoms in total. The number of carbonyl (C=O) groups is 3. The second kappa shape index (κ2) is 14.6. The SMILES string of the molecule is CCOC(=O)[C@H](O)CN(Cc1ccc(-c2cc(Cl)ccc2F)cc1)NC(=O)c1nnn(COC(=O)[C@@H](N)C(C)C)n1. The summed E-state index contributed by atoms with van der Waals surface area (Å²) in [5, 5.41) is 23.2. The first-order valence-corrected chi connectivity index (χ1v) is 13.0. The maximum absolute atomic E-state index is 14.3. The van der Waals surface area contributed by atoms with Crippen molar-refractivity contribution in [2.45, 2.75) is 46.2 Å². The molecule has 0 aliphatic carbocycles. The molecule has 2 atom stereocenters. The normalized spacial score (nSPS) is 12.7. The Hall–Kier alpha value is -3.98. The molecule has 0 aliphatic rings. The van der Waals surface area contributed by atoms with Crippen molar-refractivity contribution in [2.75, 3.05) is 13.2 Å². The highest BCUT2D eigenvalue weighted by Crippen LogP contribution is 2.26. The molecule has 41 heavy (non-hydrogen) atoms. The van der Waals surface area contributed by atoms with Gasteiger partial charge in [-0.15, -0.1) is 15.0 Å². The van der Waals surface area contributed by atoms with Gasteiger partial charge in [-0.1, -0.05) is 49.7 Å². The lowest BCUT2D eigenvalue weighted by Crippen LogP contribution is -2.47. The van der Waals surface area contributed by atoms with Crippen molar-refractivity contribution in [2.24, 2.45) is 11.7 Å². The van der Waals surface area contributed by atoms with Crippen LogP contribution in [0.1, 0.15) is 37.0 Å². The van der Waals surface area contributed by atoms with E-state index >= 15 is 0 Å². The number of aromatic nitrogens is 4. The molecule has 1 aromatic heterocycles. The molecular formula is C26H31ClFN7O6. The molecule has 0 saturated carbocycles. The second-order valence-electron chi connectivity index (χ2n) is 9.26. The number of nitrogens with zero attached hydrogens (tertiary/aromatic N) is 5. The third-order valence-electron chi connectivity index (χ3n) is 5.75. The summed E-state index contributed by atoms with van der Waals surface area (Å²) in [6.07, 6.45) is -1.58.